The normalized spacial score (nSPS) is 16.3. The molecule has 1 fully saturated rings. The van der Waals surface area contributed by atoms with Crippen molar-refractivity contribution < 1.29 is 13.5 Å². The Kier molecular flexibility index (Phi) is 8.27. The van der Waals surface area contributed by atoms with Crippen molar-refractivity contribution in [3.05, 3.63) is 136 Å². The minimum atomic E-state index is -3.94. The van der Waals surface area contributed by atoms with Gasteiger partial charge >= 0.3 is 10.2 Å². The monoisotopic (exact) mass is 670 g/mol. The molecule has 1 aliphatic carbocycles. The van der Waals surface area contributed by atoms with Crippen molar-refractivity contribution in [3.8, 4) is 28.1 Å². The number of anilines is 1. The first-order chi connectivity index (χ1) is 22.2. The van der Waals surface area contributed by atoms with Gasteiger partial charge in [-0.3, -0.25) is 0 Å². The van der Waals surface area contributed by atoms with Crippen LogP contribution in [-0.2, 0) is 16.6 Å². The predicted octanol–water partition coefficient (Wildman–Crippen LogP) is 9.16. The number of aromatic nitrogens is 2. The van der Waals surface area contributed by atoms with E-state index in [1.54, 1.807) is 30.3 Å². The van der Waals surface area contributed by atoms with E-state index in [2.05, 4.69) is 53.3 Å². The lowest BCUT2D eigenvalue weighted by molar-refractivity contribution is 0.392. The maximum absolute atomic E-state index is 12.6. The van der Waals surface area contributed by atoms with Crippen LogP contribution in [0, 0.1) is 0 Å². The molecule has 0 amide bonds. The highest BCUT2D eigenvalue weighted by molar-refractivity contribution is 7.91. The second-order valence-electron chi connectivity index (χ2n) is 11.8. The molecule has 7 rings (SSSR count). The fraction of sp³-hybridized carbons (Fsp3) is 0.194. The van der Waals surface area contributed by atoms with Crippen molar-refractivity contribution in [2.24, 2.45) is 0 Å². The Hall–Kier alpha value is -4.24. The molecule has 1 aromatic heterocycles. The SMILES string of the molecule is O=S1(=O)NC(O)=CN1c1cccc(-n2cc(-c3ccc(Cl)cc3Cl)nc2Cc2ccc(-c3ccc(C4CCCCC4)cc3)cc2)c1. The van der Waals surface area contributed by atoms with Crippen molar-refractivity contribution in [2.75, 3.05) is 4.31 Å². The number of aliphatic hydroxyl groups excluding tert-OH is 1. The molecule has 0 spiro atoms. The van der Waals surface area contributed by atoms with Crippen LogP contribution in [0.15, 0.2) is 109 Å². The topological polar surface area (TPSA) is 87.5 Å². The predicted molar refractivity (Wildman–Crippen MR) is 185 cm³/mol. The number of hydrogen-bond donors (Lipinski definition) is 2. The zero-order valence-electron chi connectivity index (χ0n) is 24.9. The summed E-state index contributed by atoms with van der Waals surface area (Å²) in [6, 6.07) is 29.9. The van der Waals surface area contributed by atoms with E-state index in [1.807, 2.05) is 22.9 Å². The van der Waals surface area contributed by atoms with Gasteiger partial charge in [0.15, 0.2) is 0 Å². The lowest BCUT2D eigenvalue weighted by atomic mass is 9.83. The van der Waals surface area contributed by atoms with Crippen LogP contribution in [-0.4, -0.2) is 23.1 Å². The van der Waals surface area contributed by atoms with E-state index >= 15 is 0 Å². The molecule has 2 aliphatic rings. The van der Waals surface area contributed by atoms with Gasteiger partial charge in [0.2, 0.25) is 5.88 Å². The van der Waals surface area contributed by atoms with Crippen LogP contribution in [0.2, 0.25) is 10.0 Å². The molecule has 1 saturated carbocycles. The van der Waals surface area contributed by atoms with Gasteiger partial charge < -0.3 is 9.67 Å². The van der Waals surface area contributed by atoms with Crippen LogP contribution in [0.4, 0.5) is 5.69 Å². The van der Waals surface area contributed by atoms with Gasteiger partial charge in [-0.15, -0.1) is 0 Å². The Morgan fingerprint density at radius 1 is 0.848 bits per heavy atom. The zero-order chi connectivity index (χ0) is 31.8. The van der Waals surface area contributed by atoms with E-state index in [0.717, 1.165) is 33.0 Å². The second kappa shape index (κ2) is 12.5. The molecule has 0 radical (unpaired) electrons. The van der Waals surface area contributed by atoms with E-state index in [4.69, 9.17) is 28.2 Å². The summed E-state index contributed by atoms with van der Waals surface area (Å²) in [4.78, 5) is 4.98. The van der Waals surface area contributed by atoms with Crippen molar-refractivity contribution in [1.82, 2.24) is 14.3 Å². The van der Waals surface area contributed by atoms with Crippen LogP contribution in [0.3, 0.4) is 0 Å². The lowest BCUT2D eigenvalue weighted by Gasteiger charge is -2.22. The van der Waals surface area contributed by atoms with Gasteiger partial charge in [0.1, 0.15) is 5.82 Å². The van der Waals surface area contributed by atoms with Crippen LogP contribution in [0.1, 0.15) is 55.0 Å². The molecule has 0 saturated heterocycles. The summed E-state index contributed by atoms with van der Waals surface area (Å²) in [5, 5.41) is 10.8. The molecule has 5 aromatic rings. The fourth-order valence-electron chi connectivity index (χ4n) is 6.36. The summed E-state index contributed by atoms with van der Waals surface area (Å²) in [5.41, 5.74) is 7.30. The third-order valence-electron chi connectivity index (χ3n) is 8.72. The van der Waals surface area contributed by atoms with Gasteiger partial charge in [-0.25, -0.2) is 14.0 Å². The average Bonchev–Trinajstić information content (AvgIpc) is 3.60. The van der Waals surface area contributed by atoms with Gasteiger partial charge in [0.25, 0.3) is 0 Å². The van der Waals surface area contributed by atoms with E-state index in [0.29, 0.717) is 39.5 Å². The maximum atomic E-state index is 12.6. The van der Waals surface area contributed by atoms with Gasteiger partial charge in [0.05, 0.1) is 22.6 Å². The standard InChI is InChI=1S/C36H32Cl2N4O3S/c37-29-17-18-32(33(38)20-29)34-22-41(30-7-4-8-31(21-30)42-23-36(43)40-46(42,44)45)35(39-34)19-24-9-11-26(12-10-24)28-15-13-27(14-16-28)25-5-2-1-3-6-25/h4,7-18,20-23,25,40,43H,1-3,5-6,19H2. The Bertz CT molecular complexity index is 2030. The summed E-state index contributed by atoms with van der Waals surface area (Å²) in [7, 11) is -3.94. The highest BCUT2D eigenvalue weighted by atomic mass is 35.5. The smallest absolute Gasteiger partial charge is 0.330 e. The van der Waals surface area contributed by atoms with E-state index in [-0.39, 0.29) is 0 Å². The first kappa shape index (κ1) is 30.4. The number of nitrogens with zero attached hydrogens (tertiary/aromatic N) is 3. The summed E-state index contributed by atoms with van der Waals surface area (Å²) < 4.78 is 30.1. The van der Waals surface area contributed by atoms with Gasteiger partial charge in [-0.05, 0) is 77.4 Å². The summed E-state index contributed by atoms with van der Waals surface area (Å²) in [5.74, 6) is 0.975. The molecular formula is C36H32Cl2N4O3S. The number of aliphatic hydroxyl groups is 1. The molecule has 2 N–H and O–H groups in total. The minimum absolute atomic E-state index is 0.360. The first-order valence-corrected chi connectivity index (χ1v) is 17.5. The van der Waals surface area contributed by atoms with Gasteiger partial charge in [0, 0.05) is 28.9 Å². The third kappa shape index (κ3) is 6.25. The molecule has 0 bridgehead atoms. The lowest BCUT2D eigenvalue weighted by Crippen LogP contribution is -2.29. The molecule has 0 unspecified atom stereocenters. The van der Waals surface area contributed by atoms with Crippen LogP contribution < -0.4 is 9.03 Å². The second-order valence-corrected chi connectivity index (χ2v) is 14.2. The van der Waals surface area contributed by atoms with E-state index < -0.39 is 16.1 Å². The molecule has 2 heterocycles. The number of benzene rings is 4. The number of imidazole rings is 1. The van der Waals surface area contributed by atoms with Crippen LogP contribution >= 0.6 is 23.2 Å². The van der Waals surface area contributed by atoms with Gasteiger partial charge in [-0.1, -0.05) is 97.1 Å². The average molecular weight is 672 g/mol. The molecule has 10 heteroatoms. The largest absolute Gasteiger partial charge is 0.493 e. The summed E-state index contributed by atoms with van der Waals surface area (Å²) in [6.07, 6.45) is 10.1. The highest BCUT2D eigenvalue weighted by Crippen LogP contribution is 2.35. The summed E-state index contributed by atoms with van der Waals surface area (Å²) in [6.45, 7) is 0. The van der Waals surface area contributed by atoms with Crippen molar-refractivity contribution in [1.29, 1.82) is 0 Å². The van der Waals surface area contributed by atoms with Crippen LogP contribution in [0.5, 0.6) is 0 Å². The fourth-order valence-corrected chi connectivity index (χ4v) is 7.91. The number of rotatable bonds is 7. The Morgan fingerprint density at radius 2 is 1.54 bits per heavy atom. The molecule has 4 aromatic carbocycles. The summed E-state index contributed by atoms with van der Waals surface area (Å²) >= 11 is 12.7. The Labute approximate surface area is 278 Å². The van der Waals surface area contributed by atoms with E-state index in [1.165, 1.54) is 43.2 Å². The molecule has 0 atom stereocenters. The molecular weight excluding hydrogens is 639 g/mol. The molecule has 1 aliphatic heterocycles. The van der Waals surface area contributed by atoms with E-state index in [9.17, 15) is 13.5 Å². The third-order valence-corrected chi connectivity index (χ3v) is 10.6. The van der Waals surface area contributed by atoms with Gasteiger partial charge in [-0.2, -0.15) is 8.42 Å². The Balaban J connectivity index is 1.20. The number of nitrogens with one attached hydrogen (secondary N) is 1. The molecule has 234 valence electrons. The minimum Gasteiger partial charge on any atom is -0.493 e. The van der Waals surface area contributed by atoms with Crippen LogP contribution in [0.25, 0.3) is 28.1 Å². The quantitative estimate of drug-likeness (QED) is 0.181. The van der Waals surface area contributed by atoms with Crippen molar-refractivity contribution in [3.63, 3.8) is 0 Å². The maximum Gasteiger partial charge on any atom is 0.330 e. The number of halogens is 2. The highest BCUT2D eigenvalue weighted by Gasteiger charge is 2.29. The van der Waals surface area contributed by atoms with Crippen molar-refractivity contribution in [2.45, 2.75) is 44.4 Å². The number of hydrogen-bond acceptors (Lipinski definition) is 4. The Morgan fingerprint density at radius 3 is 2.22 bits per heavy atom. The zero-order valence-corrected chi connectivity index (χ0v) is 27.2. The first-order valence-electron chi connectivity index (χ1n) is 15.3. The molecule has 7 nitrogen and oxygen atoms in total. The van der Waals surface area contributed by atoms with Crippen molar-refractivity contribution >= 4 is 39.1 Å². The molecule has 46 heavy (non-hydrogen) atoms.